The number of hydrogen-bond donors (Lipinski definition) is 2. The first-order chi connectivity index (χ1) is 12.3. The Morgan fingerprint density at radius 1 is 1.15 bits per heavy atom. The molecule has 0 fully saturated rings. The van der Waals surface area contributed by atoms with Crippen LogP contribution in [-0.4, -0.2) is 43.1 Å². The van der Waals surface area contributed by atoms with Crippen molar-refractivity contribution < 1.29 is 36.5 Å². The first-order valence-electron chi connectivity index (χ1n) is 8.16. The van der Waals surface area contributed by atoms with E-state index in [1.807, 2.05) is 0 Å². The zero-order valence-corrected chi connectivity index (χ0v) is 15.8. The molecule has 27 heavy (non-hydrogen) atoms. The van der Waals surface area contributed by atoms with Crippen molar-refractivity contribution in [3.63, 3.8) is 0 Å². The minimum atomic E-state index is -5.59. The maximum absolute atomic E-state index is 12.9. The molecule has 0 saturated heterocycles. The van der Waals surface area contributed by atoms with E-state index < -0.39 is 30.5 Å². The molecule has 0 aromatic heterocycles. The molecule has 10 heteroatoms. The predicted molar refractivity (Wildman–Crippen MR) is 91.7 cm³/mol. The zero-order valence-electron chi connectivity index (χ0n) is 15.0. The van der Waals surface area contributed by atoms with Crippen LogP contribution in [0.2, 0.25) is 5.02 Å². The molecule has 1 atom stereocenters. The van der Waals surface area contributed by atoms with Crippen molar-refractivity contribution >= 4 is 11.6 Å². The summed E-state index contributed by atoms with van der Waals surface area (Å²) in [5, 5.41) is 9.31. The highest BCUT2D eigenvalue weighted by molar-refractivity contribution is 6.32. The third kappa shape index (κ3) is 6.97. The van der Waals surface area contributed by atoms with Gasteiger partial charge in [0.05, 0.1) is 25.3 Å². The second kappa shape index (κ2) is 9.25. The molecular weight excluding hydrogens is 397 g/mol. The lowest BCUT2D eigenvalue weighted by Gasteiger charge is -2.22. The number of aryl methyl sites for hydroxylation is 1. The lowest BCUT2D eigenvalue weighted by Crippen LogP contribution is -2.40. The number of halogens is 6. The van der Waals surface area contributed by atoms with E-state index in [4.69, 9.17) is 26.8 Å². The SMILES string of the molecule is COc1cc(CC[C@@](C)(N)CO)cc(Cl)c1OCCCC(F)(F)C(F)(F)F. The van der Waals surface area contributed by atoms with Gasteiger partial charge in [-0.05, 0) is 43.9 Å². The molecular formula is C17H23ClF5NO3. The minimum absolute atomic E-state index is 0.0657. The maximum atomic E-state index is 12.9. The third-order valence-corrected chi connectivity index (χ3v) is 4.21. The Hall–Kier alpha value is -1.32. The highest BCUT2D eigenvalue weighted by Crippen LogP contribution is 2.40. The number of alkyl halides is 5. The van der Waals surface area contributed by atoms with Crippen LogP contribution in [0.5, 0.6) is 11.5 Å². The van der Waals surface area contributed by atoms with Crippen LogP contribution in [-0.2, 0) is 6.42 Å². The molecule has 1 aromatic carbocycles. The molecule has 0 spiro atoms. The van der Waals surface area contributed by atoms with Gasteiger partial charge in [0.2, 0.25) is 0 Å². The van der Waals surface area contributed by atoms with Crippen molar-refractivity contribution in [2.45, 2.75) is 50.2 Å². The molecule has 0 saturated carbocycles. The molecule has 0 unspecified atom stereocenters. The maximum Gasteiger partial charge on any atom is 0.453 e. The van der Waals surface area contributed by atoms with Gasteiger partial charge in [0.25, 0.3) is 0 Å². The number of benzene rings is 1. The van der Waals surface area contributed by atoms with Crippen LogP contribution in [0.3, 0.4) is 0 Å². The van der Waals surface area contributed by atoms with Gasteiger partial charge in [0, 0.05) is 12.0 Å². The second-order valence-electron chi connectivity index (χ2n) is 6.58. The van der Waals surface area contributed by atoms with Gasteiger partial charge in [-0.3, -0.25) is 0 Å². The Bertz CT molecular complexity index is 623. The fourth-order valence-electron chi connectivity index (χ4n) is 2.18. The number of hydrogen-bond acceptors (Lipinski definition) is 4. The Morgan fingerprint density at radius 2 is 1.78 bits per heavy atom. The van der Waals surface area contributed by atoms with Crippen LogP contribution < -0.4 is 15.2 Å². The van der Waals surface area contributed by atoms with Crippen molar-refractivity contribution in [2.75, 3.05) is 20.3 Å². The van der Waals surface area contributed by atoms with Gasteiger partial charge in [-0.25, -0.2) is 0 Å². The lowest BCUT2D eigenvalue weighted by atomic mass is 9.95. The largest absolute Gasteiger partial charge is 0.493 e. The summed E-state index contributed by atoms with van der Waals surface area (Å²) in [5.41, 5.74) is 5.85. The van der Waals surface area contributed by atoms with E-state index in [2.05, 4.69) is 0 Å². The monoisotopic (exact) mass is 419 g/mol. The molecule has 1 rings (SSSR count). The summed E-state index contributed by atoms with van der Waals surface area (Å²) in [7, 11) is 1.35. The Balaban J connectivity index is 2.73. The summed E-state index contributed by atoms with van der Waals surface area (Å²) in [4.78, 5) is 0. The second-order valence-corrected chi connectivity index (χ2v) is 6.98. The van der Waals surface area contributed by atoms with Gasteiger partial charge < -0.3 is 20.3 Å². The smallest absolute Gasteiger partial charge is 0.453 e. The Labute approximate surface area is 159 Å². The van der Waals surface area contributed by atoms with E-state index >= 15 is 0 Å². The van der Waals surface area contributed by atoms with E-state index in [9.17, 15) is 27.1 Å². The molecule has 0 aliphatic heterocycles. The highest BCUT2D eigenvalue weighted by atomic mass is 35.5. The quantitative estimate of drug-likeness (QED) is 0.437. The Kier molecular flexibility index (Phi) is 8.13. The molecule has 0 amide bonds. The summed E-state index contributed by atoms with van der Waals surface area (Å²) >= 11 is 6.12. The minimum Gasteiger partial charge on any atom is -0.493 e. The fraction of sp³-hybridized carbons (Fsp3) is 0.647. The van der Waals surface area contributed by atoms with E-state index in [0.717, 1.165) is 5.56 Å². The molecule has 0 radical (unpaired) electrons. The van der Waals surface area contributed by atoms with Gasteiger partial charge >= 0.3 is 12.1 Å². The van der Waals surface area contributed by atoms with Crippen LogP contribution in [0.15, 0.2) is 12.1 Å². The fourth-order valence-corrected chi connectivity index (χ4v) is 2.46. The number of rotatable bonds is 10. The molecule has 1 aromatic rings. The topological polar surface area (TPSA) is 64.7 Å². The standard InChI is InChI=1S/C17H23ClF5NO3/c1-15(24,10-25)6-4-11-8-12(18)14(13(9-11)26-2)27-7-3-5-16(19,20)17(21,22)23/h8-9,25H,3-7,10,24H2,1-2H3/t15-/m1/s1. The summed E-state index contributed by atoms with van der Waals surface area (Å²) < 4.78 is 72.6. The van der Waals surface area contributed by atoms with Gasteiger partial charge in [0.1, 0.15) is 0 Å². The summed E-state index contributed by atoms with van der Waals surface area (Å²) in [5.74, 6) is -4.48. The summed E-state index contributed by atoms with van der Waals surface area (Å²) in [6.07, 6.45) is -6.53. The van der Waals surface area contributed by atoms with E-state index in [-0.39, 0.29) is 29.7 Å². The molecule has 3 N–H and O–H groups in total. The zero-order chi connectivity index (χ0) is 20.9. The number of nitrogens with two attached hydrogens (primary N) is 1. The average molecular weight is 420 g/mol. The van der Waals surface area contributed by atoms with Gasteiger partial charge in [0.15, 0.2) is 11.5 Å². The van der Waals surface area contributed by atoms with Crippen molar-refractivity contribution in [1.82, 2.24) is 0 Å². The van der Waals surface area contributed by atoms with Crippen LogP contribution in [0.1, 0.15) is 31.7 Å². The van der Waals surface area contributed by atoms with Crippen molar-refractivity contribution in [3.8, 4) is 11.5 Å². The molecule has 156 valence electrons. The van der Waals surface area contributed by atoms with Crippen LogP contribution >= 0.6 is 11.6 Å². The van der Waals surface area contributed by atoms with Crippen molar-refractivity contribution in [1.29, 1.82) is 0 Å². The normalized spacial score (nSPS) is 14.7. The van der Waals surface area contributed by atoms with Crippen LogP contribution in [0.4, 0.5) is 22.0 Å². The van der Waals surface area contributed by atoms with Crippen molar-refractivity contribution in [2.24, 2.45) is 5.73 Å². The van der Waals surface area contributed by atoms with E-state index in [1.54, 1.807) is 19.1 Å². The van der Waals surface area contributed by atoms with Crippen LogP contribution in [0, 0.1) is 0 Å². The molecule has 4 nitrogen and oxygen atoms in total. The lowest BCUT2D eigenvalue weighted by molar-refractivity contribution is -0.284. The molecule has 0 aliphatic rings. The highest BCUT2D eigenvalue weighted by Gasteiger charge is 2.56. The third-order valence-electron chi connectivity index (χ3n) is 3.93. The molecule has 0 aliphatic carbocycles. The summed E-state index contributed by atoms with van der Waals surface area (Å²) in [6.45, 7) is 1.12. The number of aliphatic hydroxyl groups excluding tert-OH is 1. The van der Waals surface area contributed by atoms with Crippen molar-refractivity contribution in [3.05, 3.63) is 22.7 Å². The first kappa shape index (κ1) is 23.7. The summed E-state index contributed by atoms with van der Waals surface area (Å²) in [6, 6.07) is 3.18. The number of methoxy groups -OCH3 is 1. The van der Waals surface area contributed by atoms with Crippen LogP contribution in [0.25, 0.3) is 0 Å². The first-order valence-corrected chi connectivity index (χ1v) is 8.54. The van der Waals surface area contributed by atoms with E-state index in [1.165, 1.54) is 7.11 Å². The number of aliphatic hydroxyl groups is 1. The molecule has 0 heterocycles. The average Bonchev–Trinajstić information content (AvgIpc) is 2.56. The van der Waals surface area contributed by atoms with E-state index in [0.29, 0.717) is 12.8 Å². The number of ether oxygens (including phenoxy) is 2. The van der Waals surface area contributed by atoms with Gasteiger partial charge in [-0.15, -0.1) is 0 Å². The van der Waals surface area contributed by atoms with Gasteiger partial charge in [-0.2, -0.15) is 22.0 Å². The predicted octanol–water partition coefficient (Wildman–Crippen LogP) is 4.35. The van der Waals surface area contributed by atoms with Gasteiger partial charge in [-0.1, -0.05) is 11.6 Å². The Morgan fingerprint density at radius 3 is 2.30 bits per heavy atom. The molecule has 0 bridgehead atoms.